The fourth-order valence-electron chi connectivity index (χ4n) is 4.13. The molecule has 3 atom stereocenters. The molecule has 9 heteroatoms. The van der Waals surface area contributed by atoms with Crippen LogP contribution >= 0.6 is 0 Å². The molecular weight excluding hydrogens is 423 g/mol. The Morgan fingerprint density at radius 3 is 2.48 bits per heavy atom. The number of nitrogens with one attached hydrogen (secondary N) is 3. The number of benzene rings is 1. The first-order valence-electron chi connectivity index (χ1n) is 11.5. The molecule has 0 aliphatic carbocycles. The van der Waals surface area contributed by atoms with Crippen molar-refractivity contribution in [2.75, 3.05) is 25.5 Å². The molecule has 0 aromatic heterocycles. The summed E-state index contributed by atoms with van der Waals surface area (Å²) in [7, 11) is 1.72. The number of likely N-dealkylation sites (tertiary alicyclic amines) is 1. The Hall–Kier alpha value is -2.94. The van der Waals surface area contributed by atoms with Crippen molar-refractivity contribution in [3.8, 4) is 0 Å². The minimum Gasteiger partial charge on any atom is -0.343 e. The Labute approximate surface area is 195 Å². The zero-order valence-corrected chi connectivity index (χ0v) is 20.1. The van der Waals surface area contributed by atoms with Crippen molar-refractivity contribution >= 4 is 23.3 Å². The molecule has 0 unspecified atom stereocenters. The molecule has 1 fully saturated rings. The van der Waals surface area contributed by atoms with Crippen molar-refractivity contribution in [2.45, 2.75) is 58.8 Å². The monoisotopic (exact) mass is 458 g/mol. The molecule has 1 aromatic carbocycles. The van der Waals surface area contributed by atoms with Crippen molar-refractivity contribution in [1.82, 2.24) is 20.4 Å². The summed E-state index contributed by atoms with van der Waals surface area (Å²) in [6.07, 6.45) is 3.60. The minimum absolute atomic E-state index is 0.0331. The number of anilines is 1. The smallest absolute Gasteiger partial charge is 0.247 e. The van der Waals surface area contributed by atoms with Crippen LogP contribution in [0.2, 0.25) is 0 Å². The van der Waals surface area contributed by atoms with E-state index in [1.54, 1.807) is 26.1 Å². The van der Waals surface area contributed by atoms with Crippen molar-refractivity contribution in [1.29, 1.82) is 0 Å². The second-order valence-corrected chi connectivity index (χ2v) is 8.93. The van der Waals surface area contributed by atoms with Crippen LogP contribution in [-0.4, -0.2) is 65.8 Å². The van der Waals surface area contributed by atoms with Crippen molar-refractivity contribution in [3.63, 3.8) is 0 Å². The number of hydrogen-bond acceptors (Lipinski definition) is 6. The van der Waals surface area contributed by atoms with E-state index in [2.05, 4.69) is 25.8 Å². The highest BCUT2D eigenvalue weighted by atomic mass is 19.1. The molecule has 3 N–H and O–H groups in total. The molecule has 2 aliphatic rings. The van der Waals surface area contributed by atoms with Crippen LogP contribution in [0.5, 0.6) is 0 Å². The van der Waals surface area contributed by atoms with Gasteiger partial charge in [0.2, 0.25) is 11.8 Å². The van der Waals surface area contributed by atoms with Gasteiger partial charge in [-0.1, -0.05) is 13.8 Å². The highest BCUT2D eigenvalue weighted by Crippen LogP contribution is 2.26. The molecule has 1 aromatic rings. The number of aliphatic imine (C=N–C) groups is 1. The SMILES string of the molecule is CN[C@@H](C)C(=O)N[C@H](C(=O)N1CCC[C@H]1N1CC=C(Nc2ccc(F)cc2)N=C1C)C(C)C. The van der Waals surface area contributed by atoms with Crippen molar-refractivity contribution in [2.24, 2.45) is 10.9 Å². The van der Waals surface area contributed by atoms with Gasteiger partial charge >= 0.3 is 0 Å². The molecule has 0 radical (unpaired) electrons. The summed E-state index contributed by atoms with van der Waals surface area (Å²) in [5, 5.41) is 9.04. The number of likely N-dealkylation sites (N-methyl/N-ethyl adjacent to an activating group) is 1. The number of halogens is 1. The molecule has 180 valence electrons. The van der Waals surface area contributed by atoms with Gasteiger partial charge in [-0.05, 0) is 70.0 Å². The van der Waals surface area contributed by atoms with Crippen molar-refractivity contribution in [3.05, 3.63) is 42.0 Å². The molecule has 1 saturated heterocycles. The fraction of sp³-hybridized carbons (Fsp3) is 0.542. The molecule has 0 bridgehead atoms. The Balaban J connectivity index is 1.69. The van der Waals surface area contributed by atoms with E-state index in [-0.39, 0.29) is 35.8 Å². The number of carbonyl (C=O) groups is 2. The van der Waals surface area contributed by atoms with Gasteiger partial charge in [0.25, 0.3) is 0 Å². The van der Waals surface area contributed by atoms with Crippen molar-refractivity contribution < 1.29 is 14.0 Å². The third-order valence-electron chi connectivity index (χ3n) is 6.22. The molecule has 8 nitrogen and oxygen atoms in total. The Bertz CT molecular complexity index is 914. The summed E-state index contributed by atoms with van der Waals surface area (Å²) in [6.45, 7) is 8.84. The molecule has 0 saturated carbocycles. The summed E-state index contributed by atoms with van der Waals surface area (Å²) in [5.74, 6) is 0.938. The van der Waals surface area contributed by atoms with E-state index in [1.807, 2.05) is 31.7 Å². The largest absolute Gasteiger partial charge is 0.343 e. The van der Waals surface area contributed by atoms with E-state index in [4.69, 9.17) is 0 Å². The average molecular weight is 459 g/mol. The van der Waals surface area contributed by atoms with Gasteiger partial charge in [-0.15, -0.1) is 0 Å². The average Bonchev–Trinajstić information content (AvgIpc) is 3.27. The Morgan fingerprint density at radius 1 is 1.18 bits per heavy atom. The van der Waals surface area contributed by atoms with Crippen LogP contribution in [0, 0.1) is 11.7 Å². The van der Waals surface area contributed by atoms with Crippen LogP contribution in [0.25, 0.3) is 0 Å². The highest BCUT2D eigenvalue weighted by molar-refractivity contribution is 5.90. The number of amides is 2. The van der Waals surface area contributed by atoms with E-state index in [1.165, 1.54) is 12.1 Å². The van der Waals surface area contributed by atoms with Crippen LogP contribution < -0.4 is 16.0 Å². The van der Waals surface area contributed by atoms with Crippen LogP contribution in [-0.2, 0) is 9.59 Å². The quantitative estimate of drug-likeness (QED) is 0.557. The van der Waals surface area contributed by atoms with Gasteiger partial charge in [0.15, 0.2) is 0 Å². The maximum atomic E-state index is 13.5. The zero-order valence-electron chi connectivity index (χ0n) is 20.1. The van der Waals surface area contributed by atoms with Gasteiger partial charge in [0.1, 0.15) is 29.7 Å². The van der Waals surface area contributed by atoms with E-state index in [9.17, 15) is 14.0 Å². The summed E-state index contributed by atoms with van der Waals surface area (Å²) in [4.78, 5) is 34.6. The van der Waals surface area contributed by atoms with E-state index in [0.29, 0.717) is 18.9 Å². The second kappa shape index (κ2) is 10.8. The van der Waals surface area contributed by atoms with Crippen LogP contribution in [0.3, 0.4) is 0 Å². The third-order valence-corrected chi connectivity index (χ3v) is 6.22. The van der Waals surface area contributed by atoms with E-state index < -0.39 is 6.04 Å². The number of hydrogen-bond donors (Lipinski definition) is 3. The van der Waals surface area contributed by atoms with Crippen LogP contribution in [0.1, 0.15) is 40.5 Å². The predicted octanol–water partition coefficient (Wildman–Crippen LogP) is 2.51. The lowest BCUT2D eigenvalue weighted by molar-refractivity contribution is -0.140. The predicted molar refractivity (Wildman–Crippen MR) is 128 cm³/mol. The molecular formula is C24H35FN6O2. The van der Waals surface area contributed by atoms with E-state index in [0.717, 1.165) is 24.4 Å². The molecule has 0 spiro atoms. The first kappa shape index (κ1) is 24.7. The highest BCUT2D eigenvalue weighted by Gasteiger charge is 2.39. The summed E-state index contributed by atoms with van der Waals surface area (Å²) >= 11 is 0. The summed E-state index contributed by atoms with van der Waals surface area (Å²) in [5.41, 5.74) is 0.761. The summed E-state index contributed by atoms with van der Waals surface area (Å²) < 4.78 is 13.2. The minimum atomic E-state index is -0.581. The lowest BCUT2D eigenvalue weighted by Gasteiger charge is -2.39. The summed E-state index contributed by atoms with van der Waals surface area (Å²) in [6, 6.07) is 5.18. The molecule has 2 amide bonds. The molecule has 2 aliphatic heterocycles. The Kier molecular flexibility index (Phi) is 8.07. The third kappa shape index (κ3) is 5.90. The van der Waals surface area contributed by atoms with Gasteiger partial charge < -0.3 is 25.8 Å². The maximum absolute atomic E-state index is 13.5. The van der Waals surface area contributed by atoms with Gasteiger partial charge in [-0.3, -0.25) is 9.59 Å². The number of rotatable bonds is 8. The van der Waals surface area contributed by atoms with E-state index >= 15 is 0 Å². The van der Waals surface area contributed by atoms with Gasteiger partial charge in [-0.2, -0.15) is 0 Å². The lowest BCUT2D eigenvalue weighted by Crippen LogP contribution is -2.58. The normalized spacial score (nSPS) is 20.3. The lowest BCUT2D eigenvalue weighted by atomic mass is 10.0. The van der Waals surface area contributed by atoms with Gasteiger partial charge in [0, 0.05) is 18.8 Å². The maximum Gasteiger partial charge on any atom is 0.247 e. The second-order valence-electron chi connectivity index (χ2n) is 8.93. The zero-order chi connectivity index (χ0) is 24.1. The fourth-order valence-corrected chi connectivity index (χ4v) is 4.13. The first-order valence-corrected chi connectivity index (χ1v) is 11.5. The Morgan fingerprint density at radius 2 is 1.88 bits per heavy atom. The van der Waals surface area contributed by atoms with Crippen LogP contribution in [0.15, 0.2) is 41.2 Å². The molecule has 3 rings (SSSR count). The molecule has 33 heavy (non-hydrogen) atoms. The topological polar surface area (TPSA) is 89.1 Å². The van der Waals surface area contributed by atoms with Gasteiger partial charge in [-0.25, -0.2) is 9.38 Å². The van der Waals surface area contributed by atoms with Gasteiger partial charge in [0.05, 0.1) is 6.04 Å². The number of amidine groups is 1. The number of carbonyl (C=O) groups excluding carboxylic acids is 2. The standard InChI is InChI=1S/C24H35FN6O2/c1-15(2)22(29-23(32)16(3)26-5)24(33)31-13-6-7-21(31)30-14-12-20(27-17(30)4)28-19-10-8-18(25)9-11-19/h8-12,15-16,21-22,26,28H,6-7,13-14H2,1-5H3,(H,29,32)/t16-,21-,22-/m0/s1. The van der Waals surface area contributed by atoms with Crippen LogP contribution in [0.4, 0.5) is 10.1 Å². The number of nitrogens with zero attached hydrogens (tertiary/aromatic N) is 3. The first-order chi connectivity index (χ1) is 15.7. The molecule has 2 heterocycles.